The lowest BCUT2D eigenvalue weighted by Gasteiger charge is -2.18. The Hall–Kier alpha value is -7.08. The van der Waals surface area contributed by atoms with Crippen molar-refractivity contribution in [2.24, 2.45) is 22.0 Å². The first-order valence-electron chi connectivity index (χ1n) is 18.2. The standard InChI is InChI=1S/2C22H17FN4O/c23-19-9-14(15-5-7-16-11-25-26-21(16)10-15)6-8-17(19)12-27-13-24-20-4-2-1-3-18(20)22(27)28;23-19-10-15(14-7-8-20-17(9-14)11-25-26-20)5-6-16(19)12-27-13-24-21-4-2-1-3-18(21)22(27)28/h1-11,13,16,21,26H,12H2;1-11,13,17,20,26H,12H2. The van der Waals surface area contributed by atoms with Gasteiger partial charge in [0.15, 0.2) is 0 Å². The minimum atomic E-state index is -0.343. The van der Waals surface area contributed by atoms with Crippen LogP contribution in [0.25, 0.3) is 33.0 Å². The van der Waals surface area contributed by atoms with Crippen LogP contribution in [0.5, 0.6) is 0 Å². The summed E-state index contributed by atoms with van der Waals surface area (Å²) in [4.78, 5) is 33.8. The van der Waals surface area contributed by atoms with Crippen LogP contribution in [0, 0.1) is 23.5 Å². The molecule has 4 atom stereocenters. The Morgan fingerprint density at radius 1 is 0.589 bits per heavy atom. The largest absolute Gasteiger partial charge is 0.302 e. The molecule has 56 heavy (non-hydrogen) atoms. The molecular formula is C44H34F2N8O2. The second-order valence-electron chi connectivity index (χ2n) is 14.0. The summed E-state index contributed by atoms with van der Waals surface area (Å²) >= 11 is 0. The fraction of sp³-hybridized carbons (Fsp3) is 0.136. The molecule has 0 bridgehead atoms. The Morgan fingerprint density at radius 3 is 1.70 bits per heavy atom. The quantitative estimate of drug-likeness (QED) is 0.209. The van der Waals surface area contributed by atoms with Crippen LogP contribution in [0.4, 0.5) is 8.78 Å². The van der Waals surface area contributed by atoms with Gasteiger partial charge < -0.3 is 10.9 Å². The van der Waals surface area contributed by atoms with Crippen LogP contribution < -0.4 is 22.0 Å². The van der Waals surface area contributed by atoms with Crippen molar-refractivity contribution in [1.82, 2.24) is 30.0 Å². The lowest BCUT2D eigenvalue weighted by atomic mass is 9.90. The van der Waals surface area contributed by atoms with Gasteiger partial charge in [-0.3, -0.25) is 18.7 Å². The number of hydrogen-bond acceptors (Lipinski definition) is 8. The Kier molecular flexibility index (Phi) is 9.06. The molecular weight excluding hydrogens is 711 g/mol. The molecule has 0 spiro atoms. The van der Waals surface area contributed by atoms with E-state index in [2.05, 4.69) is 49.3 Å². The average Bonchev–Trinajstić information content (AvgIpc) is 3.91. The van der Waals surface area contributed by atoms with E-state index in [0.717, 1.165) is 22.3 Å². The van der Waals surface area contributed by atoms with Crippen LogP contribution in [0.2, 0.25) is 0 Å². The molecule has 4 heterocycles. The van der Waals surface area contributed by atoms with E-state index in [1.807, 2.05) is 54.9 Å². The van der Waals surface area contributed by atoms with E-state index in [1.54, 1.807) is 48.5 Å². The molecule has 6 aromatic rings. The molecule has 10 nitrogen and oxygen atoms in total. The maximum Gasteiger partial charge on any atom is 0.261 e. The van der Waals surface area contributed by atoms with Crippen molar-refractivity contribution in [1.29, 1.82) is 0 Å². The zero-order chi connectivity index (χ0) is 38.2. The van der Waals surface area contributed by atoms with Gasteiger partial charge >= 0.3 is 0 Å². The van der Waals surface area contributed by atoms with Crippen molar-refractivity contribution >= 4 is 45.4 Å². The van der Waals surface area contributed by atoms with Gasteiger partial charge in [-0.15, -0.1) is 0 Å². The highest BCUT2D eigenvalue weighted by Gasteiger charge is 2.24. The van der Waals surface area contributed by atoms with Crippen molar-refractivity contribution in [3.8, 4) is 0 Å². The highest BCUT2D eigenvalue weighted by atomic mass is 19.1. The number of halogens is 2. The van der Waals surface area contributed by atoms with Crippen molar-refractivity contribution in [2.45, 2.75) is 25.2 Å². The van der Waals surface area contributed by atoms with E-state index in [1.165, 1.54) is 33.9 Å². The molecule has 0 radical (unpaired) electrons. The molecule has 2 N–H and O–H groups in total. The van der Waals surface area contributed by atoms with Crippen molar-refractivity contribution in [3.05, 3.63) is 189 Å². The lowest BCUT2D eigenvalue weighted by molar-refractivity contribution is 0.594. The third kappa shape index (κ3) is 6.77. The number of allylic oxidation sites excluding steroid dienone is 4. The highest BCUT2D eigenvalue weighted by molar-refractivity contribution is 5.82. The maximum atomic E-state index is 14.8. The molecule has 12 heteroatoms. The summed E-state index contributed by atoms with van der Waals surface area (Å²) in [6.45, 7) is 0.275. The molecule has 4 unspecified atom stereocenters. The van der Waals surface area contributed by atoms with Crippen molar-refractivity contribution in [3.63, 3.8) is 0 Å². The minimum Gasteiger partial charge on any atom is -0.302 e. The van der Waals surface area contributed by atoms with Gasteiger partial charge in [0.1, 0.15) is 11.6 Å². The fourth-order valence-corrected chi connectivity index (χ4v) is 7.26. The monoisotopic (exact) mass is 744 g/mol. The number of fused-ring (bicyclic) bond motifs is 4. The van der Waals surface area contributed by atoms with Gasteiger partial charge in [0.25, 0.3) is 11.1 Å². The number of aromatic nitrogens is 4. The van der Waals surface area contributed by atoms with Gasteiger partial charge in [-0.1, -0.05) is 85.0 Å². The second-order valence-corrected chi connectivity index (χ2v) is 14.0. The molecule has 4 aliphatic rings. The molecule has 10 rings (SSSR count). The minimum absolute atomic E-state index is 0.116. The Labute approximate surface area is 319 Å². The van der Waals surface area contributed by atoms with E-state index >= 15 is 0 Å². The summed E-state index contributed by atoms with van der Waals surface area (Å²) in [5.41, 5.74) is 11.4. The summed E-state index contributed by atoms with van der Waals surface area (Å²) in [7, 11) is 0. The van der Waals surface area contributed by atoms with Gasteiger partial charge in [0.05, 0.1) is 59.6 Å². The van der Waals surface area contributed by atoms with Crippen LogP contribution in [0.3, 0.4) is 0 Å². The Balaban J connectivity index is 0.000000146. The van der Waals surface area contributed by atoms with E-state index in [4.69, 9.17) is 0 Å². The summed E-state index contributed by atoms with van der Waals surface area (Å²) in [6, 6.07) is 24.9. The van der Waals surface area contributed by atoms with Gasteiger partial charge in [-0.05, 0) is 58.7 Å². The number of hydrogen-bond donors (Lipinski definition) is 2. The third-order valence-corrected chi connectivity index (χ3v) is 10.4. The van der Waals surface area contributed by atoms with Gasteiger partial charge in [-0.2, -0.15) is 10.2 Å². The summed E-state index contributed by atoms with van der Waals surface area (Å²) in [5.74, 6) is -0.248. The maximum absolute atomic E-state index is 14.8. The second kappa shape index (κ2) is 14.6. The van der Waals surface area contributed by atoms with Gasteiger partial charge in [0.2, 0.25) is 0 Å². The van der Waals surface area contributed by atoms with E-state index in [-0.39, 0.29) is 59.8 Å². The van der Waals surface area contributed by atoms with Crippen molar-refractivity contribution < 1.29 is 8.78 Å². The number of nitrogens with one attached hydrogen (secondary N) is 2. The van der Waals surface area contributed by atoms with Crippen LogP contribution in [0.1, 0.15) is 22.3 Å². The first-order valence-corrected chi connectivity index (χ1v) is 18.2. The van der Waals surface area contributed by atoms with E-state index in [9.17, 15) is 18.4 Å². The molecule has 2 aliphatic carbocycles. The molecule has 0 amide bonds. The fourth-order valence-electron chi connectivity index (χ4n) is 7.26. The topological polar surface area (TPSA) is 119 Å². The molecule has 4 aromatic carbocycles. The Morgan fingerprint density at radius 2 is 1.11 bits per heavy atom. The molecule has 0 saturated carbocycles. The first-order chi connectivity index (χ1) is 27.4. The van der Waals surface area contributed by atoms with Crippen LogP contribution in [-0.4, -0.2) is 43.6 Å². The number of hydrazone groups is 2. The molecule has 0 fully saturated rings. The average molecular weight is 745 g/mol. The molecule has 2 aliphatic heterocycles. The van der Waals surface area contributed by atoms with Gasteiger partial charge in [-0.25, -0.2) is 18.7 Å². The molecule has 2 aromatic heterocycles. The first kappa shape index (κ1) is 34.7. The summed E-state index contributed by atoms with van der Waals surface area (Å²) in [6.07, 6.45) is 18.9. The third-order valence-electron chi connectivity index (χ3n) is 10.4. The normalized spacial score (nSPS) is 20.1. The summed E-state index contributed by atoms with van der Waals surface area (Å²) in [5, 5.41) is 9.22. The van der Waals surface area contributed by atoms with Gasteiger partial charge in [0, 0.05) is 35.4 Å². The van der Waals surface area contributed by atoms with E-state index < -0.39 is 0 Å². The number of benzene rings is 4. The van der Waals surface area contributed by atoms with Crippen LogP contribution in [-0.2, 0) is 13.1 Å². The lowest BCUT2D eigenvalue weighted by Crippen LogP contribution is -2.25. The predicted molar refractivity (Wildman–Crippen MR) is 215 cm³/mol. The number of rotatable bonds is 6. The SMILES string of the molecule is O=c1c2ccccc2ncn1Cc1ccc(C2=CC3C=NNC3C=C2)cc1F.O=c1c2ccccc2ncn1Cc1ccc(C2=CC3NN=CC3C=C2)cc1F. The van der Waals surface area contributed by atoms with Crippen molar-refractivity contribution in [2.75, 3.05) is 0 Å². The zero-order valence-corrected chi connectivity index (χ0v) is 29.8. The number of nitrogens with zero attached hydrogens (tertiary/aromatic N) is 6. The van der Waals surface area contributed by atoms with E-state index in [0.29, 0.717) is 32.9 Å². The number of para-hydroxylation sites is 2. The van der Waals surface area contributed by atoms with Crippen LogP contribution in [0.15, 0.2) is 154 Å². The molecule has 0 saturated heterocycles. The smallest absolute Gasteiger partial charge is 0.261 e. The zero-order valence-electron chi connectivity index (χ0n) is 29.8. The highest BCUT2D eigenvalue weighted by Crippen LogP contribution is 2.29. The van der Waals surface area contributed by atoms with Crippen LogP contribution >= 0.6 is 0 Å². The Bertz CT molecular complexity index is 2830. The molecule has 276 valence electrons. The summed E-state index contributed by atoms with van der Waals surface area (Å²) < 4.78 is 32.4. The predicted octanol–water partition coefficient (Wildman–Crippen LogP) is 6.22.